The van der Waals surface area contributed by atoms with E-state index in [1.807, 2.05) is 0 Å². The summed E-state index contributed by atoms with van der Waals surface area (Å²) in [6.45, 7) is -1.24. The molecule has 0 bridgehead atoms. The Bertz CT molecular complexity index is 936. The molecule has 1 aliphatic heterocycles. The van der Waals surface area contributed by atoms with Crippen molar-refractivity contribution in [2.45, 2.75) is 31.3 Å². The number of nitrogens with zero attached hydrogens (tertiary/aromatic N) is 2. The van der Waals surface area contributed by atoms with Crippen LogP contribution < -0.4 is 10.1 Å². The van der Waals surface area contributed by atoms with Crippen LogP contribution in [0.5, 0.6) is 5.75 Å². The van der Waals surface area contributed by atoms with Crippen molar-refractivity contribution in [2.24, 2.45) is 0 Å². The number of anilines is 1. The number of alkyl halides is 2. The first kappa shape index (κ1) is 22.8. The number of urea groups is 1. The van der Waals surface area contributed by atoms with Gasteiger partial charge in [0.05, 0.1) is 13.7 Å². The molecule has 3 rings (SSSR count). The van der Waals surface area contributed by atoms with Gasteiger partial charge in [-0.25, -0.2) is 18.0 Å². The molecule has 0 aliphatic carbocycles. The molecule has 168 valence electrons. The number of rotatable bonds is 6. The van der Waals surface area contributed by atoms with Gasteiger partial charge in [-0.15, -0.1) is 0 Å². The Morgan fingerprint density at radius 3 is 2.65 bits per heavy atom. The zero-order valence-corrected chi connectivity index (χ0v) is 16.9. The molecule has 10 heteroatoms. The second-order valence-corrected chi connectivity index (χ2v) is 7.34. The molecular weight excluding hydrogens is 415 g/mol. The average Bonchev–Trinajstić information content (AvgIpc) is 2.78. The fourth-order valence-corrected chi connectivity index (χ4v) is 3.51. The number of aromatic nitrogens is 1. The molecule has 3 N–H and O–H groups in total. The first-order valence-corrected chi connectivity index (χ1v) is 9.74. The number of likely N-dealkylation sites (tertiary alicyclic amines) is 1. The van der Waals surface area contributed by atoms with Crippen molar-refractivity contribution < 1.29 is 32.9 Å². The van der Waals surface area contributed by atoms with Gasteiger partial charge >= 0.3 is 6.03 Å². The number of amides is 2. The van der Waals surface area contributed by atoms with Crippen molar-refractivity contribution in [1.29, 1.82) is 0 Å². The van der Waals surface area contributed by atoms with Crippen molar-refractivity contribution in [3.63, 3.8) is 0 Å². The number of carbonyl (C=O) groups excluding carboxylic acids is 1. The topological polar surface area (TPSA) is 94.9 Å². The molecule has 1 aromatic carbocycles. The third-order valence-electron chi connectivity index (χ3n) is 5.37. The second kappa shape index (κ2) is 9.52. The van der Waals surface area contributed by atoms with Gasteiger partial charge in [0.2, 0.25) is 0 Å². The fraction of sp³-hybridized carbons (Fsp3) is 0.429. The van der Waals surface area contributed by atoms with Gasteiger partial charge in [0, 0.05) is 55.0 Å². The van der Waals surface area contributed by atoms with E-state index in [9.17, 15) is 18.7 Å². The quantitative estimate of drug-likeness (QED) is 0.643. The molecule has 31 heavy (non-hydrogen) atoms. The SMILES string of the molecule is COc1cc(NC(=O)N2CCC(F)(c3ncc([C@@H](O)CO)cc3F)CC2)ccc1CF. The molecule has 1 fully saturated rings. The van der Waals surface area contributed by atoms with Crippen LogP contribution in [-0.2, 0) is 12.3 Å². The molecule has 0 unspecified atom stereocenters. The van der Waals surface area contributed by atoms with Crippen molar-refractivity contribution in [3.8, 4) is 5.75 Å². The minimum atomic E-state index is -2.06. The predicted molar refractivity (Wildman–Crippen MR) is 107 cm³/mol. The maximum absolute atomic E-state index is 15.4. The Morgan fingerprint density at radius 1 is 1.35 bits per heavy atom. The molecule has 7 nitrogen and oxygen atoms in total. The summed E-state index contributed by atoms with van der Waals surface area (Å²) < 4.78 is 47.8. The summed E-state index contributed by atoms with van der Waals surface area (Å²) in [5.74, 6) is -0.608. The minimum Gasteiger partial charge on any atom is -0.496 e. The van der Waals surface area contributed by atoms with E-state index >= 15 is 4.39 Å². The van der Waals surface area contributed by atoms with E-state index in [1.54, 1.807) is 6.07 Å². The molecule has 0 saturated carbocycles. The Hall–Kier alpha value is -2.85. The zero-order chi connectivity index (χ0) is 22.6. The van der Waals surface area contributed by atoms with Crippen molar-refractivity contribution in [3.05, 3.63) is 53.1 Å². The molecular formula is C21H24F3N3O4. The lowest BCUT2D eigenvalue weighted by Gasteiger charge is -2.36. The third kappa shape index (κ3) is 4.91. The number of halogens is 3. The number of methoxy groups -OCH3 is 1. The van der Waals surface area contributed by atoms with Crippen LogP contribution in [0.15, 0.2) is 30.5 Å². The van der Waals surface area contributed by atoms with Crippen LogP contribution >= 0.6 is 0 Å². The summed E-state index contributed by atoms with van der Waals surface area (Å²) in [4.78, 5) is 17.8. The van der Waals surface area contributed by atoms with Crippen molar-refractivity contribution >= 4 is 11.7 Å². The molecule has 2 heterocycles. The molecule has 1 aromatic heterocycles. The normalized spacial score (nSPS) is 16.6. The van der Waals surface area contributed by atoms with Crippen LogP contribution in [0.25, 0.3) is 0 Å². The van der Waals surface area contributed by atoms with Crippen LogP contribution in [0.1, 0.15) is 35.8 Å². The zero-order valence-electron chi connectivity index (χ0n) is 16.9. The molecule has 1 saturated heterocycles. The highest BCUT2D eigenvalue weighted by atomic mass is 19.1. The number of carbonyl (C=O) groups is 1. The van der Waals surface area contributed by atoms with Gasteiger partial charge < -0.3 is 25.2 Å². The number of hydrogen-bond acceptors (Lipinski definition) is 5. The van der Waals surface area contributed by atoms with E-state index in [0.717, 1.165) is 12.3 Å². The standard InChI is InChI=1S/C21H24F3N3O4/c1-31-18-9-15(3-2-13(18)10-22)26-20(30)27-6-4-21(24,5-7-27)19-16(23)8-14(11-25-19)17(29)12-28/h2-3,8-9,11,17,28-29H,4-7,10,12H2,1H3,(H,26,30)/t17-/m0/s1. The molecule has 1 aliphatic rings. The van der Waals surface area contributed by atoms with Gasteiger partial charge in [-0.1, -0.05) is 6.07 Å². The molecule has 1 atom stereocenters. The highest BCUT2D eigenvalue weighted by Gasteiger charge is 2.41. The summed E-state index contributed by atoms with van der Waals surface area (Å²) in [7, 11) is 1.40. The van der Waals surface area contributed by atoms with Gasteiger partial charge in [0.25, 0.3) is 0 Å². The second-order valence-electron chi connectivity index (χ2n) is 7.34. The summed E-state index contributed by atoms with van der Waals surface area (Å²) in [5, 5.41) is 21.2. The summed E-state index contributed by atoms with van der Waals surface area (Å²) in [6, 6.07) is 5.03. The Kier molecular flexibility index (Phi) is 7.01. The lowest BCUT2D eigenvalue weighted by atomic mass is 9.89. The summed E-state index contributed by atoms with van der Waals surface area (Å²) in [6.07, 6.45) is -0.476. The first-order chi connectivity index (χ1) is 14.8. The minimum absolute atomic E-state index is 0.0319. The monoisotopic (exact) mass is 439 g/mol. The first-order valence-electron chi connectivity index (χ1n) is 9.74. The molecule has 0 spiro atoms. The Labute approximate surface area is 177 Å². The maximum atomic E-state index is 15.4. The predicted octanol–water partition coefficient (Wildman–Crippen LogP) is 3.22. The van der Waals surface area contributed by atoms with E-state index in [1.165, 1.54) is 24.1 Å². The highest BCUT2D eigenvalue weighted by molar-refractivity contribution is 5.89. The van der Waals surface area contributed by atoms with Crippen molar-refractivity contribution in [2.75, 3.05) is 32.1 Å². The van der Waals surface area contributed by atoms with Crippen LogP contribution in [-0.4, -0.2) is 52.9 Å². The number of ether oxygens (including phenoxy) is 1. The van der Waals surface area contributed by atoms with E-state index in [2.05, 4.69) is 10.3 Å². The number of aliphatic hydroxyl groups excluding tert-OH is 2. The smallest absolute Gasteiger partial charge is 0.321 e. The third-order valence-corrected chi connectivity index (χ3v) is 5.37. The summed E-state index contributed by atoms with van der Waals surface area (Å²) in [5.41, 5.74) is -1.63. The van der Waals surface area contributed by atoms with Crippen LogP contribution in [0.4, 0.5) is 23.7 Å². The van der Waals surface area contributed by atoms with E-state index in [-0.39, 0.29) is 37.2 Å². The maximum Gasteiger partial charge on any atom is 0.321 e. The molecule has 2 aromatic rings. The van der Waals surface area contributed by atoms with Crippen LogP contribution in [0.2, 0.25) is 0 Å². The van der Waals surface area contributed by atoms with Gasteiger partial charge in [-0.05, 0) is 12.1 Å². The number of benzene rings is 1. The highest BCUT2D eigenvalue weighted by Crippen LogP contribution is 2.38. The number of piperidine rings is 1. The number of pyridine rings is 1. The van der Waals surface area contributed by atoms with E-state index < -0.39 is 36.9 Å². The number of nitrogens with one attached hydrogen (secondary N) is 1. The van der Waals surface area contributed by atoms with Crippen molar-refractivity contribution in [1.82, 2.24) is 9.88 Å². The average molecular weight is 439 g/mol. The van der Waals surface area contributed by atoms with Crippen LogP contribution in [0.3, 0.4) is 0 Å². The van der Waals surface area contributed by atoms with E-state index in [0.29, 0.717) is 17.0 Å². The van der Waals surface area contributed by atoms with Gasteiger partial charge in [0.15, 0.2) is 5.67 Å². The number of aliphatic hydroxyl groups is 2. The number of hydrogen-bond donors (Lipinski definition) is 3. The molecule has 2 amide bonds. The lowest BCUT2D eigenvalue weighted by molar-refractivity contribution is 0.0639. The van der Waals surface area contributed by atoms with Gasteiger partial charge in [-0.3, -0.25) is 4.98 Å². The fourth-order valence-electron chi connectivity index (χ4n) is 3.51. The Morgan fingerprint density at radius 2 is 2.06 bits per heavy atom. The summed E-state index contributed by atoms with van der Waals surface area (Å²) >= 11 is 0. The van der Waals surface area contributed by atoms with Gasteiger partial charge in [-0.2, -0.15) is 0 Å². The van der Waals surface area contributed by atoms with E-state index in [4.69, 9.17) is 9.84 Å². The largest absolute Gasteiger partial charge is 0.496 e. The lowest BCUT2D eigenvalue weighted by Crippen LogP contribution is -2.45. The Balaban J connectivity index is 1.65. The van der Waals surface area contributed by atoms with Crippen LogP contribution in [0, 0.1) is 5.82 Å². The van der Waals surface area contributed by atoms with Gasteiger partial charge in [0.1, 0.15) is 30.0 Å². The molecule has 0 radical (unpaired) electrons.